The quantitative estimate of drug-likeness (QED) is 0.0937. The molecular formula is C45H52N6O8S. The van der Waals surface area contributed by atoms with E-state index in [0.29, 0.717) is 95.1 Å². The number of rotatable bonds is 15. The molecule has 4 aliphatic rings. The Hall–Kier alpha value is -5.83. The number of nitrogens with one attached hydrogen (secondary N) is 1. The fourth-order valence-corrected chi connectivity index (χ4v) is 7.66. The topological polar surface area (TPSA) is 153 Å². The van der Waals surface area contributed by atoms with E-state index in [0.717, 1.165) is 12.8 Å². The summed E-state index contributed by atoms with van der Waals surface area (Å²) in [6.45, 7) is 9.56. The summed E-state index contributed by atoms with van der Waals surface area (Å²) < 4.78 is 29.9. The molecule has 2 saturated heterocycles. The van der Waals surface area contributed by atoms with Gasteiger partial charge >= 0.3 is 0 Å². The first-order chi connectivity index (χ1) is 28.9. The van der Waals surface area contributed by atoms with Gasteiger partial charge in [0.1, 0.15) is 25.6 Å². The van der Waals surface area contributed by atoms with Crippen LogP contribution in [0.5, 0.6) is 28.7 Å². The maximum absolute atomic E-state index is 13.6. The van der Waals surface area contributed by atoms with Crippen molar-refractivity contribution in [1.29, 1.82) is 0 Å². The van der Waals surface area contributed by atoms with Crippen molar-refractivity contribution in [3.63, 3.8) is 0 Å². The Morgan fingerprint density at radius 1 is 0.783 bits per heavy atom. The van der Waals surface area contributed by atoms with Crippen LogP contribution in [-0.4, -0.2) is 102 Å². The molecule has 1 aromatic heterocycles. The van der Waals surface area contributed by atoms with E-state index in [-0.39, 0.29) is 54.4 Å². The maximum atomic E-state index is 13.6. The molecule has 0 spiro atoms. The average molecular weight is 837 g/mol. The number of pyridine rings is 1. The second-order valence-corrected chi connectivity index (χ2v) is 17.0. The SMILES string of the molecule is C/C=C1\C[C@H]2C=Nc3cc(OCc4cc(OCCNC(=O)CCC(C)(C)S)cc(COc5cc6c(cc5OC)C(=O)N5C/C(=C/C)C[C@H]5C=N6)n4)c(OC)cc3C(=O)N2C1. The van der Waals surface area contributed by atoms with Crippen LogP contribution >= 0.6 is 12.6 Å². The number of aromatic nitrogens is 1. The second-order valence-electron chi connectivity index (χ2n) is 15.8. The van der Waals surface area contributed by atoms with Crippen LogP contribution in [0.1, 0.15) is 85.5 Å². The van der Waals surface area contributed by atoms with E-state index in [2.05, 4.69) is 30.1 Å². The van der Waals surface area contributed by atoms with Crippen LogP contribution in [0.2, 0.25) is 0 Å². The summed E-state index contributed by atoms with van der Waals surface area (Å²) >= 11 is 4.51. The third-order valence-electron chi connectivity index (χ3n) is 10.9. The molecule has 7 rings (SSSR count). The molecule has 2 aromatic carbocycles. The molecule has 2 atom stereocenters. The number of carbonyl (C=O) groups excluding carboxylic acids is 3. The first kappa shape index (κ1) is 42.3. The van der Waals surface area contributed by atoms with Crippen LogP contribution in [0.15, 0.2) is 69.7 Å². The number of methoxy groups -OCH3 is 2. The Bertz CT molecular complexity index is 2150. The van der Waals surface area contributed by atoms with Crippen LogP contribution in [0.4, 0.5) is 11.4 Å². The Balaban J connectivity index is 1.10. The van der Waals surface area contributed by atoms with Crippen molar-refractivity contribution in [3.8, 4) is 28.7 Å². The van der Waals surface area contributed by atoms with Crippen molar-refractivity contribution in [2.24, 2.45) is 9.98 Å². The molecule has 0 aliphatic carbocycles. The molecule has 0 saturated carbocycles. The molecule has 14 nitrogen and oxygen atoms in total. The third-order valence-corrected chi connectivity index (χ3v) is 11.2. The average Bonchev–Trinajstić information content (AvgIpc) is 3.81. The zero-order valence-corrected chi connectivity index (χ0v) is 35.8. The van der Waals surface area contributed by atoms with Gasteiger partial charge in [0.2, 0.25) is 5.91 Å². The molecule has 3 amide bonds. The van der Waals surface area contributed by atoms with Crippen molar-refractivity contribution >= 4 is 54.2 Å². The first-order valence-corrected chi connectivity index (χ1v) is 20.6. The van der Waals surface area contributed by atoms with Crippen LogP contribution in [0, 0.1) is 0 Å². The van der Waals surface area contributed by atoms with Gasteiger partial charge in [0, 0.05) is 61.0 Å². The predicted molar refractivity (Wildman–Crippen MR) is 232 cm³/mol. The highest BCUT2D eigenvalue weighted by atomic mass is 32.1. The summed E-state index contributed by atoms with van der Waals surface area (Å²) in [4.78, 5) is 57.6. The lowest BCUT2D eigenvalue weighted by Crippen LogP contribution is -2.35. The highest BCUT2D eigenvalue weighted by Gasteiger charge is 2.36. The van der Waals surface area contributed by atoms with Crippen LogP contribution < -0.4 is 29.0 Å². The summed E-state index contributed by atoms with van der Waals surface area (Å²) in [5, 5.41) is 2.90. The number of thiol groups is 1. The first-order valence-electron chi connectivity index (χ1n) is 20.2. The lowest BCUT2D eigenvalue weighted by atomic mass is 10.1. The monoisotopic (exact) mass is 836 g/mol. The lowest BCUT2D eigenvalue weighted by molar-refractivity contribution is -0.121. The number of hydrogen-bond donors (Lipinski definition) is 2. The molecule has 15 heteroatoms. The van der Waals surface area contributed by atoms with E-state index in [4.69, 9.17) is 38.7 Å². The molecule has 316 valence electrons. The van der Waals surface area contributed by atoms with Crippen LogP contribution in [-0.2, 0) is 18.0 Å². The Labute approximate surface area is 356 Å². The number of aliphatic imine (C=N–C) groups is 2. The largest absolute Gasteiger partial charge is 0.493 e. The van der Waals surface area contributed by atoms with Crippen LogP contribution in [0.3, 0.4) is 0 Å². The fraction of sp³-hybridized carbons (Fsp3) is 0.422. The minimum Gasteiger partial charge on any atom is -0.493 e. The van der Waals surface area contributed by atoms with E-state index in [1.165, 1.54) is 25.4 Å². The van der Waals surface area contributed by atoms with Gasteiger partial charge in [-0.05, 0) is 45.2 Å². The number of hydrogen-bond acceptors (Lipinski definition) is 12. The smallest absolute Gasteiger partial charge is 0.257 e. The number of ether oxygens (including phenoxy) is 5. The molecule has 1 N–H and O–H groups in total. The molecule has 0 unspecified atom stereocenters. The second kappa shape index (κ2) is 18.2. The number of amides is 3. The van der Waals surface area contributed by atoms with Crippen molar-refractivity contribution in [3.05, 3.63) is 82.2 Å². The fourth-order valence-electron chi connectivity index (χ4n) is 7.55. The molecule has 5 heterocycles. The van der Waals surface area contributed by atoms with Gasteiger partial charge in [-0.3, -0.25) is 29.4 Å². The van der Waals surface area contributed by atoms with Crippen molar-refractivity contribution in [2.45, 2.75) is 83.4 Å². The van der Waals surface area contributed by atoms with Gasteiger partial charge in [-0.2, -0.15) is 12.6 Å². The van der Waals surface area contributed by atoms with E-state index in [9.17, 15) is 14.4 Å². The summed E-state index contributed by atoms with van der Waals surface area (Å²) in [5.74, 6) is 1.74. The predicted octanol–water partition coefficient (Wildman–Crippen LogP) is 6.99. The van der Waals surface area contributed by atoms with Crippen molar-refractivity contribution < 1.29 is 38.1 Å². The van der Waals surface area contributed by atoms with E-state index in [1.54, 1.807) is 36.4 Å². The maximum Gasteiger partial charge on any atom is 0.257 e. The van der Waals surface area contributed by atoms with Crippen molar-refractivity contribution in [2.75, 3.05) is 40.5 Å². The number of allylic oxidation sites excluding steroid dienone is 2. The Kier molecular flexibility index (Phi) is 12.8. The van der Waals surface area contributed by atoms with Gasteiger partial charge in [-0.25, -0.2) is 0 Å². The lowest BCUT2D eigenvalue weighted by Gasteiger charge is -2.20. The molecule has 0 radical (unpaired) electrons. The number of nitrogens with zero attached hydrogens (tertiary/aromatic N) is 5. The zero-order valence-electron chi connectivity index (χ0n) is 34.9. The van der Waals surface area contributed by atoms with E-state index in [1.807, 2.05) is 49.9 Å². The Morgan fingerprint density at radius 2 is 1.28 bits per heavy atom. The highest BCUT2D eigenvalue weighted by Crippen LogP contribution is 2.41. The standard InChI is InChI=1S/C45H52N6O8S/c1-7-27-13-31-21-47-36-19-40(38(55-5)17-34(36)43(53)50(31)23-27)58-25-29-15-33(57-12-11-46-42(52)9-10-45(3,4)60)16-30(49-29)26-59-41-20-37-35(18-39(41)56-6)44(54)51-24-28(8-2)14-32(51)22-48-37/h7-8,15-22,31-32,60H,9-14,23-26H2,1-6H3,(H,46,52)/b27-7+,28-8+/t31-,32-/m0/s1. The van der Waals surface area contributed by atoms with Crippen LogP contribution in [0.25, 0.3) is 0 Å². The van der Waals surface area contributed by atoms with E-state index < -0.39 is 0 Å². The number of benzene rings is 2. The van der Waals surface area contributed by atoms with Gasteiger partial charge in [0.05, 0.1) is 66.7 Å². The molecule has 0 bridgehead atoms. The zero-order chi connectivity index (χ0) is 42.6. The van der Waals surface area contributed by atoms with Gasteiger partial charge < -0.3 is 38.8 Å². The summed E-state index contributed by atoms with van der Waals surface area (Å²) in [6, 6.07) is 10.1. The highest BCUT2D eigenvalue weighted by molar-refractivity contribution is 7.81. The summed E-state index contributed by atoms with van der Waals surface area (Å²) in [7, 11) is 3.05. The third kappa shape index (κ3) is 9.62. The summed E-state index contributed by atoms with van der Waals surface area (Å²) in [5.41, 5.74) is 5.31. The normalized spacial score (nSPS) is 19.4. The number of fused-ring (bicyclic) bond motifs is 4. The minimum atomic E-state index is -0.246. The molecule has 2 fully saturated rings. The Morgan fingerprint density at radius 3 is 1.73 bits per heavy atom. The van der Waals surface area contributed by atoms with Gasteiger partial charge in [0.15, 0.2) is 23.0 Å². The summed E-state index contributed by atoms with van der Waals surface area (Å²) in [6.07, 6.45) is 10.2. The minimum absolute atomic E-state index is 0.0122. The molecular weight excluding hydrogens is 785 g/mol. The van der Waals surface area contributed by atoms with Gasteiger partial charge in [-0.15, -0.1) is 0 Å². The van der Waals surface area contributed by atoms with Crippen molar-refractivity contribution in [1.82, 2.24) is 20.1 Å². The molecule has 3 aromatic rings. The van der Waals surface area contributed by atoms with Gasteiger partial charge in [0.25, 0.3) is 11.8 Å². The number of carbonyl (C=O) groups is 3. The van der Waals surface area contributed by atoms with E-state index >= 15 is 0 Å². The molecule has 60 heavy (non-hydrogen) atoms. The van der Waals surface area contributed by atoms with Gasteiger partial charge in [-0.1, -0.05) is 37.1 Å². The molecule has 4 aliphatic heterocycles.